The van der Waals surface area contributed by atoms with Crippen LogP contribution in [0, 0.1) is 5.92 Å². The highest BCUT2D eigenvalue weighted by molar-refractivity contribution is 5.94. The fourth-order valence-electron chi connectivity index (χ4n) is 2.84. The molecule has 0 aliphatic heterocycles. The number of nitrogens with zero attached hydrogens (tertiary/aromatic N) is 2. The van der Waals surface area contributed by atoms with Crippen molar-refractivity contribution < 1.29 is 9.53 Å². The zero-order valence-electron chi connectivity index (χ0n) is 17.4. The number of esters is 1. The van der Waals surface area contributed by atoms with E-state index in [0.29, 0.717) is 34.1 Å². The number of allylic oxidation sites excluding steroid dienone is 3. The molecular formula is C24H26N4O2. The van der Waals surface area contributed by atoms with Gasteiger partial charge in [0.25, 0.3) is 0 Å². The summed E-state index contributed by atoms with van der Waals surface area (Å²) < 4.78 is 5.39. The van der Waals surface area contributed by atoms with Crippen molar-refractivity contribution in [3.8, 4) is 5.75 Å². The molecule has 0 amide bonds. The van der Waals surface area contributed by atoms with Gasteiger partial charge in [0.05, 0.1) is 16.6 Å². The fraction of sp³-hybridized carbons (Fsp3) is 0.208. The van der Waals surface area contributed by atoms with Crippen molar-refractivity contribution in [2.45, 2.75) is 27.2 Å². The topological polar surface area (TPSA) is 90.1 Å². The zero-order chi connectivity index (χ0) is 21.5. The summed E-state index contributed by atoms with van der Waals surface area (Å²) in [6.45, 7) is 6.25. The van der Waals surface area contributed by atoms with Gasteiger partial charge in [-0.15, -0.1) is 0 Å². The number of anilines is 1. The van der Waals surface area contributed by atoms with Crippen molar-refractivity contribution in [2.24, 2.45) is 11.7 Å². The van der Waals surface area contributed by atoms with Gasteiger partial charge in [-0.05, 0) is 60.5 Å². The Bertz CT molecular complexity index is 1090. The third-order valence-corrected chi connectivity index (χ3v) is 4.60. The molecule has 2 heterocycles. The van der Waals surface area contributed by atoms with Gasteiger partial charge in [-0.3, -0.25) is 4.98 Å². The molecule has 0 aliphatic rings. The molecule has 0 unspecified atom stereocenters. The predicted octanol–water partition coefficient (Wildman–Crippen LogP) is 5.05. The number of pyridine rings is 2. The Hall–Kier alpha value is -3.67. The Balaban J connectivity index is 1.84. The molecule has 0 radical (unpaired) electrons. The van der Waals surface area contributed by atoms with E-state index in [1.165, 1.54) is 6.20 Å². The van der Waals surface area contributed by atoms with Crippen LogP contribution in [0.2, 0.25) is 0 Å². The van der Waals surface area contributed by atoms with Gasteiger partial charge in [-0.1, -0.05) is 39.0 Å². The van der Waals surface area contributed by atoms with E-state index in [1.807, 2.05) is 36.4 Å². The van der Waals surface area contributed by atoms with Gasteiger partial charge in [0.15, 0.2) is 0 Å². The largest absolute Gasteiger partial charge is 0.423 e. The second-order valence-electron chi connectivity index (χ2n) is 7.13. The van der Waals surface area contributed by atoms with E-state index in [4.69, 9.17) is 10.5 Å². The van der Waals surface area contributed by atoms with Crippen LogP contribution in [0.3, 0.4) is 0 Å². The maximum Gasteiger partial charge on any atom is 0.345 e. The minimum atomic E-state index is -0.473. The van der Waals surface area contributed by atoms with Crippen LogP contribution < -0.4 is 15.8 Å². The number of nitrogens with two attached hydrogens (primary N) is 1. The summed E-state index contributed by atoms with van der Waals surface area (Å²) in [6.07, 6.45) is 5.97. The van der Waals surface area contributed by atoms with Crippen LogP contribution in [0.1, 0.15) is 37.6 Å². The maximum absolute atomic E-state index is 12.5. The van der Waals surface area contributed by atoms with Crippen LogP contribution in [-0.2, 0) is 0 Å². The lowest BCUT2D eigenvalue weighted by molar-refractivity contribution is 0.0734. The average Bonchev–Trinajstić information content (AvgIpc) is 2.76. The molecule has 154 valence electrons. The monoisotopic (exact) mass is 402 g/mol. The molecule has 6 nitrogen and oxygen atoms in total. The van der Waals surface area contributed by atoms with Crippen molar-refractivity contribution in [3.05, 3.63) is 83.8 Å². The molecule has 3 rings (SSSR count). The molecule has 0 aliphatic carbocycles. The molecule has 0 fully saturated rings. The highest BCUT2D eigenvalue weighted by Crippen LogP contribution is 2.20. The Kier molecular flexibility index (Phi) is 6.80. The molecule has 0 atom stereocenters. The summed E-state index contributed by atoms with van der Waals surface area (Å²) in [5.41, 5.74) is 9.44. The van der Waals surface area contributed by atoms with Crippen molar-refractivity contribution >= 4 is 22.8 Å². The number of carbonyl (C=O) groups excluding carboxylic acids is 1. The maximum atomic E-state index is 12.5. The number of para-hydroxylation sites is 1. The molecule has 1 aromatic carbocycles. The quantitative estimate of drug-likeness (QED) is 0.326. The fourth-order valence-corrected chi connectivity index (χ4v) is 2.84. The summed E-state index contributed by atoms with van der Waals surface area (Å²) in [4.78, 5) is 21.4. The zero-order valence-corrected chi connectivity index (χ0v) is 17.4. The molecular weight excluding hydrogens is 376 g/mol. The lowest BCUT2D eigenvalue weighted by Crippen LogP contribution is -2.09. The molecule has 0 bridgehead atoms. The van der Waals surface area contributed by atoms with Crippen LogP contribution in [0.15, 0.2) is 78.3 Å². The Labute approximate surface area is 176 Å². The molecule has 0 saturated heterocycles. The Morgan fingerprint density at radius 2 is 1.93 bits per heavy atom. The first-order valence-electron chi connectivity index (χ1n) is 9.93. The first-order chi connectivity index (χ1) is 14.5. The van der Waals surface area contributed by atoms with Crippen molar-refractivity contribution in [2.75, 3.05) is 5.32 Å². The van der Waals surface area contributed by atoms with E-state index in [-0.39, 0.29) is 0 Å². The highest BCUT2D eigenvalue weighted by atomic mass is 16.5. The Morgan fingerprint density at radius 1 is 1.17 bits per heavy atom. The van der Waals surface area contributed by atoms with Crippen molar-refractivity contribution in [1.82, 2.24) is 9.97 Å². The number of carbonyl (C=O) groups is 1. The third kappa shape index (κ3) is 5.23. The van der Waals surface area contributed by atoms with Gasteiger partial charge in [0.1, 0.15) is 11.6 Å². The van der Waals surface area contributed by atoms with Gasteiger partial charge in [0, 0.05) is 11.9 Å². The minimum Gasteiger partial charge on any atom is -0.423 e. The summed E-state index contributed by atoms with van der Waals surface area (Å²) in [6, 6.07) is 14.4. The van der Waals surface area contributed by atoms with Gasteiger partial charge >= 0.3 is 5.97 Å². The number of ether oxygens (including phenoxy) is 1. The van der Waals surface area contributed by atoms with E-state index in [9.17, 15) is 4.79 Å². The van der Waals surface area contributed by atoms with Crippen LogP contribution in [-0.4, -0.2) is 15.9 Å². The number of fused-ring (bicyclic) bond motifs is 1. The first kappa shape index (κ1) is 21.0. The van der Waals surface area contributed by atoms with Gasteiger partial charge in [-0.25, -0.2) is 9.78 Å². The summed E-state index contributed by atoms with van der Waals surface area (Å²) in [5, 5.41) is 3.34. The van der Waals surface area contributed by atoms with Crippen LogP contribution in [0.5, 0.6) is 5.75 Å². The molecule has 0 saturated carbocycles. The van der Waals surface area contributed by atoms with E-state index < -0.39 is 5.97 Å². The molecule has 3 N–H and O–H groups in total. The lowest BCUT2D eigenvalue weighted by atomic mass is 10.0. The average molecular weight is 402 g/mol. The van der Waals surface area contributed by atoms with E-state index >= 15 is 0 Å². The molecule has 30 heavy (non-hydrogen) atoms. The summed E-state index contributed by atoms with van der Waals surface area (Å²) in [5.74, 6) is 1.01. The van der Waals surface area contributed by atoms with Gasteiger partial charge < -0.3 is 15.8 Å². The molecule has 6 heteroatoms. The van der Waals surface area contributed by atoms with Crippen molar-refractivity contribution in [1.29, 1.82) is 0 Å². The van der Waals surface area contributed by atoms with Crippen LogP contribution in [0.4, 0.5) is 5.82 Å². The first-order valence-corrected chi connectivity index (χ1v) is 9.93. The lowest BCUT2D eigenvalue weighted by Gasteiger charge is -2.12. The number of hydrogen-bond acceptors (Lipinski definition) is 6. The third-order valence-electron chi connectivity index (χ3n) is 4.60. The number of nitrogens with one attached hydrogen (secondary N) is 1. The smallest absolute Gasteiger partial charge is 0.345 e. The summed E-state index contributed by atoms with van der Waals surface area (Å²) in [7, 11) is 0. The summed E-state index contributed by atoms with van der Waals surface area (Å²) >= 11 is 0. The molecule has 0 spiro atoms. The van der Waals surface area contributed by atoms with E-state index in [0.717, 1.165) is 17.7 Å². The van der Waals surface area contributed by atoms with Crippen LogP contribution in [0.25, 0.3) is 11.0 Å². The molecule has 2 aromatic heterocycles. The minimum absolute atomic E-state index is 0.324. The van der Waals surface area contributed by atoms with Gasteiger partial charge in [-0.2, -0.15) is 0 Å². The van der Waals surface area contributed by atoms with Gasteiger partial charge in [0.2, 0.25) is 0 Å². The second kappa shape index (κ2) is 9.69. The van der Waals surface area contributed by atoms with Crippen molar-refractivity contribution in [3.63, 3.8) is 0 Å². The second-order valence-corrected chi connectivity index (χ2v) is 7.13. The normalized spacial score (nSPS) is 12.3. The number of benzene rings is 1. The van der Waals surface area contributed by atoms with E-state index in [2.05, 4.69) is 36.1 Å². The van der Waals surface area contributed by atoms with Crippen LogP contribution >= 0.6 is 0 Å². The SMILES string of the molecule is CC/C(=C\C(=C/N)C(C)C)Nc1ccc2ncc(C(=O)Oc3ccccc3)cc2n1. The molecule has 3 aromatic rings. The highest BCUT2D eigenvalue weighted by Gasteiger charge is 2.11. The number of aromatic nitrogens is 2. The van der Waals surface area contributed by atoms with E-state index in [1.54, 1.807) is 24.4 Å². The number of rotatable bonds is 7. The number of hydrogen-bond donors (Lipinski definition) is 2. The standard InChI is InChI=1S/C24H26N4O2/c1-4-19(12-17(14-25)16(2)3)27-23-11-10-21-22(28-23)13-18(15-26-21)24(29)30-20-8-6-5-7-9-20/h5-16H,4,25H2,1-3H3,(H,27,28)/b17-14+,19-12+. The Morgan fingerprint density at radius 3 is 2.60 bits per heavy atom. The predicted molar refractivity (Wildman–Crippen MR) is 120 cm³/mol.